The van der Waals surface area contributed by atoms with Crippen molar-refractivity contribution in [1.82, 2.24) is 5.32 Å². The molecule has 0 aliphatic carbocycles. The standard InChI is InChI=1S/C18H20FNO3S/c1-22-16-6-4-3-5-13(16)10-20-18(21)12-24-11-14-9-15(19)7-8-17(14)23-2/h3-9H,10-12H2,1-2H3,(H,20,21). The van der Waals surface area contributed by atoms with Gasteiger partial charge in [0.1, 0.15) is 17.3 Å². The second kappa shape index (κ2) is 9.17. The summed E-state index contributed by atoms with van der Waals surface area (Å²) in [5, 5.41) is 2.85. The van der Waals surface area contributed by atoms with Crippen LogP contribution in [0.25, 0.3) is 0 Å². The third-order valence-electron chi connectivity index (χ3n) is 3.40. The topological polar surface area (TPSA) is 47.6 Å². The minimum Gasteiger partial charge on any atom is -0.496 e. The van der Waals surface area contributed by atoms with Gasteiger partial charge in [-0.25, -0.2) is 4.39 Å². The first-order valence-corrected chi connectivity index (χ1v) is 8.58. The van der Waals surface area contributed by atoms with Crippen molar-refractivity contribution < 1.29 is 18.7 Å². The summed E-state index contributed by atoms with van der Waals surface area (Å²) in [6, 6.07) is 11.9. The summed E-state index contributed by atoms with van der Waals surface area (Å²) >= 11 is 1.41. The number of carbonyl (C=O) groups is 1. The van der Waals surface area contributed by atoms with Crippen LogP contribution < -0.4 is 14.8 Å². The maximum atomic E-state index is 13.3. The molecule has 0 spiro atoms. The van der Waals surface area contributed by atoms with Crippen LogP contribution in [0, 0.1) is 5.82 Å². The molecule has 2 rings (SSSR count). The van der Waals surface area contributed by atoms with E-state index in [2.05, 4.69) is 5.32 Å². The van der Waals surface area contributed by atoms with Crippen molar-refractivity contribution in [2.75, 3.05) is 20.0 Å². The molecule has 0 fully saturated rings. The molecule has 1 amide bonds. The predicted molar refractivity (Wildman–Crippen MR) is 94.0 cm³/mol. The normalized spacial score (nSPS) is 10.3. The summed E-state index contributed by atoms with van der Waals surface area (Å²) in [4.78, 5) is 11.9. The van der Waals surface area contributed by atoms with Crippen LogP contribution in [0.1, 0.15) is 11.1 Å². The number of amides is 1. The Morgan fingerprint density at radius 3 is 2.54 bits per heavy atom. The van der Waals surface area contributed by atoms with E-state index in [-0.39, 0.29) is 17.5 Å². The molecule has 6 heteroatoms. The van der Waals surface area contributed by atoms with Crippen LogP contribution in [0.2, 0.25) is 0 Å². The number of rotatable bonds is 8. The van der Waals surface area contributed by atoms with Gasteiger partial charge in [-0.15, -0.1) is 11.8 Å². The van der Waals surface area contributed by atoms with Crippen molar-refractivity contribution in [3.05, 3.63) is 59.4 Å². The second-order valence-corrected chi connectivity index (χ2v) is 6.02. The molecular weight excluding hydrogens is 329 g/mol. The fraction of sp³-hybridized carbons (Fsp3) is 0.278. The highest BCUT2D eigenvalue weighted by Crippen LogP contribution is 2.24. The largest absolute Gasteiger partial charge is 0.496 e. The van der Waals surface area contributed by atoms with Gasteiger partial charge >= 0.3 is 0 Å². The van der Waals surface area contributed by atoms with E-state index < -0.39 is 0 Å². The average molecular weight is 349 g/mol. The van der Waals surface area contributed by atoms with Gasteiger partial charge in [0.25, 0.3) is 0 Å². The van der Waals surface area contributed by atoms with E-state index in [1.165, 1.54) is 23.9 Å². The van der Waals surface area contributed by atoms with Gasteiger partial charge in [-0.3, -0.25) is 4.79 Å². The highest BCUT2D eigenvalue weighted by atomic mass is 32.2. The maximum Gasteiger partial charge on any atom is 0.230 e. The van der Waals surface area contributed by atoms with Gasteiger partial charge in [0, 0.05) is 23.4 Å². The number of thioether (sulfide) groups is 1. The fourth-order valence-electron chi connectivity index (χ4n) is 2.21. The molecule has 2 aromatic rings. The number of nitrogens with one attached hydrogen (secondary N) is 1. The SMILES string of the molecule is COc1ccccc1CNC(=O)CSCc1cc(F)ccc1OC. The molecule has 0 atom stereocenters. The van der Waals surface area contributed by atoms with Crippen LogP contribution >= 0.6 is 11.8 Å². The summed E-state index contributed by atoms with van der Waals surface area (Å²) in [6.07, 6.45) is 0. The van der Waals surface area contributed by atoms with Crippen LogP contribution in [0.15, 0.2) is 42.5 Å². The van der Waals surface area contributed by atoms with Crippen LogP contribution in [-0.2, 0) is 17.1 Å². The van der Waals surface area contributed by atoms with Crippen molar-refractivity contribution in [3.8, 4) is 11.5 Å². The fourth-order valence-corrected chi connectivity index (χ4v) is 3.04. The Morgan fingerprint density at radius 2 is 1.79 bits per heavy atom. The first-order valence-electron chi connectivity index (χ1n) is 7.42. The van der Waals surface area contributed by atoms with Crippen molar-refractivity contribution in [3.63, 3.8) is 0 Å². The minimum absolute atomic E-state index is 0.0822. The van der Waals surface area contributed by atoms with E-state index in [4.69, 9.17) is 9.47 Å². The lowest BCUT2D eigenvalue weighted by molar-refractivity contribution is -0.118. The zero-order chi connectivity index (χ0) is 17.4. The van der Waals surface area contributed by atoms with E-state index in [0.29, 0.717) is 18.0 Å². The Bertz CT molecular complexity index is 694. The Labute approximate surface area is 145 Å². The van der Waals surface area contributed by atoms with Gasteiger partial charge in [-0.1, -0.05) is 18.2 Å². The molecule has 0 saturated carbocycles. The zero-order valence-electron chi connectivity index (χ0n) is 13.7. The first kappa shape index (κ1) is 18.1. The number of carbonyl (C=O) groups excluding carboxylic acids is 1. The highest BCUT2D eigenvalue weighted by Gasteiger charge is 2.08. The number of para-hydroxylation sites is 1. The molecule has 0 aromatic heterocycles. The lowest BCUT2D eigenvalue weighted by Crippen LogP contribution is -2.24. The molecule has 24 heavy (non-hydrogen) atoms. The summed E-state index contributed by atoms with van der Waals surface area (Å²) < 4.78 is 23.7. The molecule has 0 aliphatic heterocycles. The molecule has 0 heterocycles. The molecule has 0 aliphatic rings. The summed E-state index contributed by atoms with van der Waals surface area (Å²) in [5.74, 6) is 1.76. The number of hydrogen-bond acceptors (Lipinski definition) is 4. The van der Waals surface area contributed by atoms with Crippen molar-refractivity contribution in [1.29, 1.82) is 0 Å². The van der Waals surface area contributed by atoms with Crippen molar-refractivity contribution >= 4 is 17.7 Å². The minimum atomic E-state index is -0.313. The van der Waals surface area contributed by atoms with Crippen molar-refractivity contribution in [2.45, 2.75) is 12.3 Å². The van der Waals surface area contributed by atoms with Crippen LogP contribution in [0.3, 0.4) is 0 Å². The molecule has 0 bridgehead atoms. The van der Waals surface area contributed by atoms with E-state index in [0.717, 1.165) is 16.9 Å². The third-order valence-corrected chi connectivity index (χ3v) is 4.38. The molecule has 128 valence electrons. The predicted octanol–water partition coefficient (Wildman–Crippen LogP) is 3.39. The molecule has 4 nitrogen and oxygen atoms in total. The molecule has 0 unspecified atom stereocenters. The van der Waals surface area contributed by atoms with E-state index in [1.807, 2.05) is 24.3 Å². The average Bonchev–Trinajstić information content (AvgIpc) is 2.60. The van der Waals surface area contributed by atoms with Gasteiger partial charge in [0.05, 0.1) is 20.0 Å². The van der Waals surface area contributed by atoms with Gasteiger partial charge in [0.15, 0.2) is 0 Å². The zero-order valence-corrected chi connectivity index (χ0v) is 14.5. The monoisotopic (exact) mass is 349 g/mol. The van der Waals surface area contributed by atoms with E-state index >= 15 is 0 Å². The molecular formula is C18H20FNO3S. The number of ether oxygens (including phenoxy) is 2. The van der Waals surface area contributed by atoms with E-state index in [9.17, 15) is 9.18 Å². The molecule has 0 radical (unpaired) electrons. The molecule has 2 aromatic carbocycles. The van der Waals surface area contributed by atoms with Crippen LogP contribution in [-0.4, -0.2) is 25.9 Å². The quantitative estimate of drug-likeness (QED) is 0.794. The van der Waals surface area contributed by atoms with Gasteiger partial charge in [0.2, 0.25) is 5.91 Å². The Morgan fingerprint density at radius 1 is 1.08 bits per heavy atom. The first-order chi connectivity index (χ1) is 11.6. The second-order valence-electron chi connectivity index (χ2n) is 5.04. The number of benzene rings is 2. The molecule has 1 N–H and O–H groups in total. The number of hydrogen-bond donors (Lipinski definition) is 1. The summed E-state index contributed by atoms with van der Waals surface area (Å²) in [7, 11) is 3.14. The smallest absolute Gasteiger partial charge is 0.230 e. The van der Waals surface area contributed by atoms with Crippen molar-refractivity contribution in [2.24, 2.45) is 0 Å². The van der Waals surface area contributed by atoms with Gasteiger partial charge in [-0.2, -0.15) is 0 Å². The Balaban J connectivity index is 1.80. The number of methoxy groups -OCH3 is 2. The van der Waals surface area contributed by atoms with Gasteiger partial charge in [-0.05, 0) is 24.3 Å². The highest BCUT2D eigenvalue weighted by molar-refractivity contribution is 7.99. The lowest BCUT2D eigenvalue weighted by Gasteiger charge is -2.10. The Hall–Kier alpha value is -2.21. The third kappa shape index (κ3) is 5.16. The van der Waals surface area contributed by atoms with E-state index in [1.54, 1.807) is 20.3 Å². The number of halogens is 1. The molecule has 0 saturated heterocycles. The Kier molecular flexibility index (Phi) is 6.93. The van der Waals surface area contributed by atoms with Crippen LogP contribution in [0.4, 0.5) is 4.39 Å². The lowest BCUT2D eigenvalue weighted by atomic mass is 10.2. The maximum absolute atomic E-state index is 13.3. The summed E-state index contributed by atoms with van der Waals surface area (Å²) in [5.41, 5.74) is 1.66. The van der Waals surface area contributed by atoms with Crippen LogP contribution in [0.5, 0.6) is 11.5 Å². The van der Waals surface area contributed by atoms with Gasteiger partial charge < -0.3 is 14.8 Å². The summed E-state index contributed by atoms with van der Waals surface area (Å²) in [6.45, 7) is 0.409.